The third-order valence-corrected chi connectivity index (χ3v) is 5.41. The van der Waals surface area contributed by atoms with Crippen LogP contribution in [-0.4, -0.2) is 69.8 Å². The Morgan fingerprint density at radius 2 is 2.03 bits per heavy atom. The number of anilines is 1. The van der Waals surface area contributed by atoms with Gasteiger partial charge in [-0.3, -0.25) is 24.2 Å². The van der Waals surface area contributed by atoms with Gasteiger partial charge in [0, 0.05) is 18.3 Å². The lowest BCUT2D eigenvalue weighted by molar-refractivity contribution is -0.137. The van der Waals surface area contributed by atoms with Gasteiger partial charge in [-0.05, 0) is 24.6 Å². The number of aryl methyl sites for hydroxylation is 1. The maximum atomic E-state index is 12.6. The molecule has 1 aromatic heterocycles. The fourth-order valence-electron chi connectivity index (χ4n) is 3.40. The number of aromatic hydroxyl groups is 1. The topological polar surface area (TPSA) is 205 Å². The van der Waals surface area contributed by atoms with Gasteiger partial charge in [0.25, 0.3) is 11.5 Å². The Hall–Kier alpha value is -4.10. The summed E-state index contributed by atoms with van der Waals surface area (Å²) in [6, 6.07) is 3.17. The Morgan fingerprint density at radius 1 is 1.28 bits per heavy atom. The average Bonchev–Trinajstić information content (AvgIpc) is 2.82. The van der Waals surface area contributed by atoms with E-state index in [9.17, 15) is 34.5 Å². The number of pyridine rings is 1. The molecule has 2 aromatic rings. The van der Waals surface area contributed by atoms with Crippen LogP contribution in [0, 0.1) is 6.92 Å². The Kier molecular flexibility index (Phi) is 8.51. The third-order valence-electron chi connectivity index (χ3n) is 5.12. The Morgan fingerprint density at radius 3 is 2.69 bits per heavy atom. The zero-order valence-corrected chi connectivity index (χ0v) is 19.8. The number of carboxylic acid groups (broad SMARTS) is 1. The SMILES string of the molecule is Cc1cc(Cl)c(O)c([C@@H](CC(=O)O)NC(=O)CNC(=O)c2c[nH]c(=O)c(NC3=NCC(O)CN3)c2)c1. The molecule has 2 amide bonds. The molecule has 14 heteroatoms. The molecule has 1 aliphatic rings. The van der Waals surface area contributed by atoms with Crippen molar-refractivity contribution in [3.8, 4) is 5.75 Å². The molecule has 36 heavy (non-hydrogen) atoms. The number of halogens is 1. The first-order valence-electron chi connectivity index (χ1n) is 10.8. The van der Waals surface area contributed by atoms with Crippen molar-refractivity contribution in [2.24, 2.45) is 4.99 Å². The van der Waals surface area contributed by atoms with E-state index in [1.807, 2.05) is 0 Å². The summed E-state index contributed by atoms with van der Waals surface area (Å²) in [6.07, 6.45) is -0.00330. The molecule has 1 aliphatic heterocycles. The highest BCUT2D eigenvalue weighted by Crippen LogP contribution is 2.34. The number of aliphatic hydroxyl groups excluding tert-OH is 1. The number of rotatable bonds is 8. The number of β-amino-alcohol motifs (C(OH)–C–C–N with tert-alkyl or cyclic N) is 1. The number of nitrogens with one attached hydrogen (secondary N) is 5. The van der Waals surface area contributed by atoms with Crippen LogP contribution in [0.15, 0.2) is 34.2 Å². The number of aromatic nitrogens is 1. The van der Waals surface area contributed by atoms with E-state index in [4.69, 9.17) is 11.6 Å². The first-order chi connectivity index (χ1) is 17.0. The Balaban J connectivity index is 1.66. The highest BCUT2D eigenvalue weighted by atomic mass is 35.5. The molecular weight excluding hydrogens is 496 g/mol. The number of carboxylic acids is 1. The van der Waals surface area contributed by atoms with Crippen LogP contribution >= 0.6 is 11.6 Å². The van der Waals surface area contributed by atoms with Crippen molar-refractivity contribution in [1.82, 2.24) is 20.9 Å². The number of hydrogen-bond donors (Lipinski definition) is 8. The molecule has 2 atom stereocenters. The average molecular weight is 521 g/mol. The van der Waals surface area contributed by atoms with Crippen LogP contribution in [0.25, 0.3) is 0 Å². The number of aliphatic imine (C=N–C) groups is 1. The van der Waals surface area contributed by atoms with Gasteiger partial charge in [0.1, 0.15) is 11.4 Å². The summed E-state index contributed by atoms with van der Waals surface area (Å²) in [5.41, 5.74) is 0.312. The Bertz CT molecular complexity index is 1260. The molecule has 13 nitrogen and oxygen atoms in total. The monoisotopic (exact) mass is 520 g/mol. The highest BCUT2D eigenvalue weighted by Gasteiger charge is 2.23. The summed E-state index contributed by atoms with van der Waals surface area (Å²) < 4.78 is 0. The molecule has 0 fully saturated rings. The van der Waals surface area contributed by atoms with Crippen LogP contribution in [0.3, 0.4) is 0 Å². The van der Waals surface area contributed by atoms with Crippen LogP contribution < -0.4 is 26.8 Å². The van der Waals surface area contributed by atoms with Gasteiger partial charge in [0.2, 0.25) is 5.91 Å². The molecular formula is C22H25ClN6O7. The summed E-state index contributed by atoms with van der Waals surface area (Å²) in [4.78, 5) is 54.9. The number of H-pyrrole nitrogens is 1. The minimum atomic E-state index is -1.22. The van der Waals surface area contributed by atoms with Crippen molar-refractivity contribution < 1.29 is 29.7 Å². The van der Waals surface area contributed by atoms with E-state index >= 15 is 0 Å². The summed E-state index contributed by atoms with van der Waals surface area (Å²) in [5.74, 6) is -2.71. The normalized spacial score (nSPS) is 15.8. The molecule has 1 aromatic carbocycles. The summed E-state index contributed by atoms with van der Waals surface area (Å²) in [7, 11) is 0. The lowest BCUT2D eigenvalue weighted by Gasteiger charge is -2.20. The smallest absolute Gasteiger partial charge is 0.305 e. The van der Waals surface area contributed by atoms with Crippen molar-refractivity contribution in [2.45, 2.75) is 25.5 Å². The second-order valence-electron chi connectivity index (χ2n) is 8.07. The van der Waals surface area contributed by atoms with E-state index in [0.29, 0.717) is 5.56 Å². The zero-order valence-electron chi connectivity index (χ0n) is 19.1. The number of phenols is 1. The number of hydrogen-bond acceptors (Lipinski definition) is 9. The number of carbonyl (C=O) groups is 3. The fourth-order valence-corrected chi connectivity index (χ4v) is 3.68. The lowest BCUT2D eigenvalue weighted by Crippen LogP contribution is -2.43. The Labute approximate surface area is 209 Å². The number of benzene rings is 1. The molecule has 3 rings (SSSR count). The maximum Gasteiger partial charge on any atom is 0.305 e. The van der Waals surface area contributed by atoms with Gasteiger partial charge in [0.05, 0.1) is 42.2 Å². The molecule has 8 N–H and O–H groups in total. The zero-order chi connectivity index (χ0) is 26.4. The summed E-state index contributed by atoms with van der Waals surface area (Å²) in [5, 5.41) is 39.4. The van der Waals surface area contributed by atoms with Gasteiger partial charge in [-0.15, -0.1) is 0 Å². The largest absolute Gasteiger partial charge is 0.506 e. The predicted molar refractivity (Wildman–Crippen MR) is 130 cm³/mol. The quantitative estimate of drug-likeness (QED) is 0.232. The van der Waals surface area contributed by atoms with Crippen molar-refractivity contribution in [2.75, 3.05) is 25.0 Å². The summed E-state index contributed by atoms with van der Waals surface area (Å²) >= 11 is 5.98. The number of amides is 2. The standard InChI is InChI=1S/C22H25ClN6O7/c1-10-2-13(19(34)14(23)3-10)15(5-18(32)33)28-17(31)9-25-20(35)11-4-16(21(36)24-6-11)29-22-26-7-12(30)8-27-22/h2-4,6,12,15,30,34H,5,7-9H2,1H3,(H,24,36)(H,25,35)(H,28,31)(H,32,33)(H2,26,27,29)/t15-/m1/s1. The first kappa shape index (κ1) is 26.5. The predicted octanol–water partition coefficient (Wildman–Crippen LogP) is -0.164. The minimum Gasteiger partial charge on any atom is -0.506 e. The molecule has 0 radical (unpaired) electrons. The molecule has 0 spiro atoms. The van der Waals surface area contributed by atoms with Gasteiger partial charge in [-0.1, -0.05) is 17.7 Å². The van der Waals surface area contributed by atoms with Gasteiger partial charge >= 0.3 is 5.97 Å². The third kappa shape index (κ3) is 6.96. The fraction of sp³-hybridized carbons (Fsp3) is 0.318. The number of guanidine groups is 1. The van der Waals surface area contributed by atoms with E-state index in [1.54, 1.807) is 6.92 Å². The van der Waals surface area contributed by atoms with Gasteiger partial charge in [0.15, 0.2) is 5.96 Å². The summed E-state index contributed by atoms with van der Waals surface area (Å²) in [6.45, 7) is 1.58. The number of aliphatic hydroxyl groups is 1. The number of phenolic OH excluding ortho intramolecular Hbond substituents is 1. The highest BCUT2D eigenvalue weighted by molar-refractivity contribution is 6.32. The second-order valence-corrected chi connectivity index (χ2v) is 8.47. The van der Waals surface area contributed by atoms with E-state index in [-0.39, 0.29) is 46.6 Å². The molecule has 0 aliphatic carbocycles. The van der Waals surface area contributed by atoms with E-state index in [2.05, 4.69) is 31.2 Å². The second kappa shape index (κ2) is 11.6. The molecule has 0 bridgehead atoms. The van der Waals surface area contributed by atoms with Crippen LogP contribution in [0.2, 0.25) is 5.02 Å². The molecule has 2 heterocycles. The van der Waals surface area contributed by atoms with Crippen LogP contribution in [0.1, 0.15) is 33.9 Å². The first-order valence-corrected chi connectivity index (χ1v) is 11.2. The number of carbonyl (C=O) groups excluding carboxylic acids is 2. The van der Waals surface area contributed by atoms with Crippen LogP contribution in [-0.2, 0) is 9.59 Å². The minimum absolute atomic E-state index is 0.0102. The molecule has 0 saturated carbocycles. The van der Waals surface area contributed by atoms with E-state index < -0.39 is 48.5 Å². The molecule has 1 unspecified atom stereocenters. The van der Waals surface area contributed by atoms with Crippen molar-refractivity contribution >= 4 is 41.0 Å². The van der Waals surface area contributed by atoms with Gasteiger partial charge in [-0.2, -0.15) is 0 Å². The van der Waals surface area contributed by atoms with Crippen molar-refractivity contribution in [3.05, 3.63) is 56.5 Å². The molecule has 0 saturated heterocycles. The number of nitrogens with zero attached hydrogens (tertiary/aromatic N) is 1. The molecule has 192 valence electrons. The number of aliphatic carboxylic acids is 1. The number of aromatic amines is 1. The van der Waals surface area contributed by atoms with E-state index in [0.717, 1.165) is 0 Å². The maximum absolute atomic E-state index is 12.6. The van der Waals surface area contributed by atoms with Crippen molar-refractivity contribution in [1.29, 1.82) is 0 Å². The van der Waals surface area contributed by atoms with Gasteiger partial charge < -0.3 is 41.6 Å². The van der Waals surface area contributed by atoms with Crippen LogP contribution in [0.5, 0.6) is 5.75 Å². The van der Waals surface area contributed by atoms with E-state index in [1.165, 1.54) is 24.4 Å². The lowest BCUT2D eigenvalue weighted by atomic mass is 10.00. The van der Waals surface area contributed by atoms with Crippen LogP contribution in [0.4, 0.5) is 5.69 Å². The van der Waals surface area contributed by atoms with Gasteiger partial charge in [-0.25, -0.2) is 0 Å². The van der Waals surface area contributed by atoms with Crippen molar-refractivity contribution in [3.63, 3.8) is 0 Å².